The monoisotopic (exact) mass is 281 g/mol. The van der Waals surface area contributed by atoms with Gasteiger partial charge in [-0.1, -0.05) is 13.0 Å². The lowest BCUT2D eigenvalue weighted by molar-refractivity contribution is -0.383. The van der Waals surface area contributed by atoms with Gasteiger partial charge in [-0.25, -0.2) is 0 Å². The van der Waals surface area contributed by atoms with Gasteiger partial charge in [-0.05, 0) is 38.8 Å². The van der Waals surface area contributed by atoms with E-state index in [1.54, 1.807) is 18.2 Å². The molecule has 3 N–H and O–H groups in total. The number of anilines is 2. The van der Waals surface area contributed by atoms with Crippen molar-refractivity contribution in [3.05, 3.63) is 28.3 Å². The number of rotatable bonds is 8. The number of aliphatic hydroxyl groups is 1. The number of para-hydroxylation sites is 1. The SMILES string of the molecule is CCCNc1cccc(NC(C)(C)CCO)c1[N+](=O)[O-]. The molecule has 20 heavy (non-hydrogen) atoms. The number of hydrogen-bond donors (Lipinski definition) is 3. The number of nitro groups is 1. The van der Waals surface area contributed by atoms with E-state index < -0.39 is 5.54 Å². The molecule has 6 nitrogen and oxygen atoms in total. The summed E-state index contributed by atoms with van der Waals surface area (Å²) >= 11 is 0. The lowest BCUT2D eigenvalue weighted by atomic mass is 10.0. The van der Waals surface area contributed by atoms with E-state index in [1.807, 2.05) is 20.8 Å². The summed E-state index contributed by atoms with van der Waals surface area (Å²) in [6, 6.07) is 5.18. The molecule has 0 heterocycles. The van der Waals surface area contributed by atoms with E-state index in [2.05, 4.69) is 10.6 Å². The minimum Gasteiger partial charge on any atom is -0.396 e. The zero-order valence-corrected chi connectivity index (χ0v) is 12.3. The summed E-state index contributed by atoms with van der Waals surface area (Å²) in [7, 11) is 0. The van der Waals surface area contributed by atoms with Gasteiger partial charge in [-0.15, -0.1) is 0 Å². The van der Waals surface area contributed by atoms with Gasteiger partial charge in [0, 0.05) is 18.7 Å². The van der Waals surface area contributed by atoms with E-state index in [-0.39, 0.29) is 17.2 Å². The Morgan fingerprint density at radius 2 is 2.00 bits per heavy atom. The van der Waals surface area contributed by atoms with Crippen molar-refractivity contribution >= 4 is 17.1 Å². The number of aliphatic hydroxyl groups excluding tert-OH is 1. The summed E-state index contributed by atoms with van der Waals surface area (Å²) in [5, 5.41) is 26.6. The largest absolute Gasteiger partial charge is 0.396 e. The Bertz CT molecular complexity index is 461. The van der Waals surface area contributed by atoms with Crippen molar-refractivity contribution in [2.45, 2.75) is 39.2 Å². The molecule has 0 spiro atoms. The molecule has 0 bridgehead atoms. The average molecular weight is 281 g/mol. The van der Waals surface area contributed by atoms with Crippen molar-refractivity contribution in [3.63, 3.8) is 0 Å². The minimum absolute atomic E-state index is 0.0293. The number of nitro benzene ring substituents is 1. The van der Waals surface area contributed by atoms with Crippen molar-refractivity contribution < 1.29 is 10.0 Å². The lowest BCUT2D eigenvalue weighted by Gasteiger charge is -2.26. The molecule has 0 unspecified atom stereocenters. The zero-order chi connectivity index (χ0) is 15.2. The van der Waals surface area contributed by atoms with E-state index in [0.717, 1.165) is 6.42 Å². The molecular weight excluding hydrogens is 258 g/mol. The first-order valence-corrected chi connectivity index (χ1v) is 6.81. The van der Waals surface area contributed by atoms with E-state index >= 15 is 0 Å². The van der Waals surface area contributed by atoms with Gasteiger partial charge >= 0.3 is 5.69 Å². The topological polar surface area (TPSA) is 87.4 Å². The van der Waals surface area contributed by atoms with Gasteiger partial charge < -0.3 is 15.7 Å². The van der Waals surface area contributed by atoms with Crippen LogP contribution in [-0.2, 0) is 0 Å². The molecule has 1 aromatic rings. The van der Waals surface area contributed by atoms with Crippen LogP contribution in [0.1, 0.15) is 33.6 Å². The van der Waals surface area contributed by atoms with Crippen molar-refractivity contribution in [1.29, 1.82) is 0 Å². The Hall–Kier alpha value is -1.82. The van der Waals surface area contributed by atoms with Crippen LogP contribution < -0.4 is 10.6 Å². The number of hydrogen-bond acceptors (Lipinski definition) is 5. The number of benzene rings is 1. The fourth-order valence-electron chi connectivity index (χ4n) is 1.95. The molecule has 0 atom stereocenters. The van der Waals surface area contributed by atoms with Crippen molar-refractivity contribution in [2.75, 3.05) is 23.8 Å². The van der Waals surface area contributed by atoms with Gasteiger partial charge in [0.15, 0.2) is 0 Å². The second-order valence-electron chi connectivity index (χ2n) is 5.37. The first-order valence-electron chi connectivity index (χ1n) is 6.81. The zero-order valence-electron chi connectivity index (χ0n) is 12.3. The smallest absolute Gasteiger partial charge is 0.315 e. The molecule has 0 saturated carbocycles. The lowest BCUT2D eigenvalue weighted by Crippen LogP contribution is -2.32. The highest BCUT2D eigenvalue weighted by molar-refractivity contribution is 5.76. The van der Waals surface area contributed by atoms with Crippen LogP contribution in [0.3, 0.4) is 0 Å². The van der Waals surface area contributed by atoms with Crippen LogP contribution in [-0.4, -0.2) is 28.7 Å². The summed E-state index contributed by atoms with van der Waals surface area (Å²) in [4.78, 5) is 10.9. The van der Waals surface area contributed by atoms with Crippen LogP contribution in [0.25, 0.3) is 0 Å². The molecule has 0 radical (unpaired) electrons. The quantitative estimate of drug-likeness (QED) is 0.503. The van der Waals surface area contributed by atoms with Crippen LogP contribution in [0, 0.1) is 10.1 Å². The molecule has 0 aromatic heterocycles. The van der Waals surface area contributed by atoms with Crippen molar-refractivity contribution in [1.82, 2.24) is 0 Å². The third-order valence-electron chi connectivity index (χ3n) is 2.99. The van der Waals surface area contributed by atoms with Crippen LogP contribution >= 0.6 is 0 Å². The van der Waals surface area contributed by atoms with Gasteiger partial charge in [0.25, 0.3) is 0 Å². The highest BCUT2D eigenvalue weighted by Crippen LogP contribution is 2.34. The third-order valence-corrected chi connectivity index (χ3v) is 2.99. The van der Waals surface area contributed by atoms with Gasteiger partial charge in [-0.2, -0.15) is 0 Å². The normalized spacial score (nSPS) is 11.2. The number of nitrogens with one attached hydrogen (secondary N) is 2. The summed E-state index contributed by atoms with van der Waals surface area (Å²) in [5.74, 6) is 0. The highest BCUT2D eigenvalue weighted by atomic mass is 16.6. The molecule has 0 fully saturated rings. The fourth-order valence-corrected chi connectivity index (χ4v) is 1.95. The molecule has 0 amide bonds. The van der Waals surface area contributed by atoms with Gasteiger partial charge in [0.2, 0.25) is 0 Å². The second kappa shape index (κ2) is 7.09. The van der Waals surface area contributed by atoms with Crippen LogP contribution in [0.2, 0.25) is 0 Å². The summed E-state index contributed by atoms with van der Waals surface area (Å²) in [5.41, 5.74) is 0.617. The Kier molecular flexibility index (Phi) is 5.76. The second-order valence-corrected chi connectivity index (χ2v) is 5.37. The van der Waals surface area contributed by atoms with E-state index in [0.29, 0.717) is 24.3 Å². The molecule has 1 aromatic carbocycles. The predicted octanol–water partition coefficient (Wildman–Crippen LogP) is 2.99. The number of nitrogens with zero attached hydrogens (tertiary/aromatic N) is 1. The van der Waals surface area contributed by atoms with Gasteiger partial charge in [0.05, 0.1) is 4.92 Å². The predicted molar refractivity (Wildman–Crippen MR) is 81.3 cm³/mol. The highest BCUT2D eigenvalue weighted by Gasteiger charge is 2.24. The molecule has 1 rings (SSSR count). The maximum atomic E-state index is 11.3. The fraction of sp³-hybridized carbons (Fsp3) is 0.571. The summed E-state index contributed by atoms with van der Waals surface area (Å²) in [6.45, 7) is 6.52. The molecule has 0 saturated heterocycles. The maximum absolute atomic E-state index is 11.3. The Labute approximate surface area is 119 Å². The van der Waals surface area contributed by atoms with Crippen molar-refractivity contribution in [3.8, 4) is 0 Å². The molecule has 0 aliphatic heterocycles. The molecule has 0 aliphatic carbocycles. The van der Waals surface area contributed by atoms with Crippen LogP contribution in [0.5, 0.6) is 0 Å². The Balaban J connectivity index is 3.09. The van der Waals surface area contributed by atoms with Crippen LogP contribution in [0.4, 0.5) is 17.1 Å². The van der Waals surface area contributed by atoms with Gasteiger partial charge in [0.1, 0.15) is 11.4 Å². The minimum atomic E-state index is -0.414. The van der Waals surface area contributed by atoms with E-state index in [4.69, 9.17) is 5.11 Å². The maximum Gasteiger partial charge on any atom is 0.315 e. The molecular formula is C14H23N3O3. The van der Waals surface area contributed by atoms with Gasteiger partial charge in [-0.3, -0.25) is 10.1 Å². The summed E-state index contributed by atoms with van der Waals surface area (Å²) in [6.07, 6.45) is 1.40. The molecule has 112 valence electrons. The molecule has 6 heteroatoms. The Morgan fingerprint density at radius 1 is 1.35 bits per heavy atom. The third kappa shape index (κ3) is 4.38. The van der Waals surface area contributed by atoms with E-state index in [9.17, 15) is 10.1 Å². The average Bonchev–Trinajstić information content (AvgIpc) is 2.35. The standard InChI is InChI=1S/C14H23N3O3/c1-4-9-15-11-6-5-7-12(13(11)17(19)20)16-14(2,3)8-10-18/h5-7,15-16,18H,4,8-10H2,1-3H3. The van der Waals surface area contributed by atoms with Crippen molar-refractivity contribution in [2.24, 2.45) is 0 Å². The van der Waals surface area contributed by atoms with Crippen LogP contribution in [0.15, 0.2) is 18.2 Å². The first-order chi connectivity index (χ1) is 9.41. The summed E-state index contributed by atoms with van der Waals surface area (Å²) < 4.78 is 0. The molecule has 0 aliphatic rings. The van der Waals surface area contributed by atoms with E-state index in [1.165, 1.54) is 0 Å². The Morgan fingerprint density at radius 3 is 2.55 bits per heavy atom. The first kappa shape index (κ1) is 16.2.